The number of halogens is 1. The molecular formula is C8H13ClN2O3S. The second-order valence-corrected chi connectivity index (χ2v) is 5.21. The molecule has 5 nitrogen and oxygen atoms in total. The Bertz CT molecular complexity index is 402. The Morgan fingerprint density at radius 3 is 2.73 bits per heavy atom. The van der Waals surface area contributed by atoms with Crippen molar-refractivity contribution in [3.63, 3.8) is 0 Å². The van der Waals surface area contributed by atoms with Crippen LogP contribution in [0.3, 0.4) is 0 Å². The fourth-order valence-corrected chi connectivity index (χ4v) is 1.77. The summed E-state index contributed by atoms with van der Waals surface area (Å²) in [6, 6.07) is 3.41. The molecule has 1 aromatic rings. The van der Waals surface area contributed by atoms with Crippen molar-refractivity contribution in [2.24, 2.45) is 5.14 Å². The molecule has 0 aliphatic heterocycles. The van der Waals surface area contributed by atoms with Gasteiger partial charge in [-0.2, -0.15) is 0 Å². The molecule has 0 fully saturated rings. The zero-order valence-corrected chi connectivity index (χ0v) is 9.64. The third-order valence-corrected chi connectivity index (χ3v) is 2.77. The monoisotopic (exact) mass is 252 g/mol. The first-order chi connectivity index (χ1) is 6.97. The molecule has 1 heterocycles. The van der Waals surface area contributed by atoms with E-state index in [1.807, 2.05) is 0 Å². The quantitative estimate of drug-likeness (QED) is 0.730. The minimum Gasteiger partial charge on any atom is -0.448 e. The van der Waals surface area contributed by atoms with Gasteiger partial charge in [-0.25, -0.2) is 13.6 Å². The van der Waals surface area contributed by atoms with Crippen molar-refractivity contribution in [2.45, 2.75) is 13.0 Å². The predicted octanol–water partition coefficient (Wildman–Crippen LogP) is 0.701. The first-order valence-corrected chi connectivity index (χ1v) is 6.52. The standard InChI is InChI=1S/C8H13ClN2O3S/c9-8-3-2-7(14-8)6-11-4-1-5-15(10,12)13/h2-3,11H,1,4-6H2,(H2,10,12,13). The van der Waals surface area contributed by atoms with Gasteiger partial charge in [0.15, 0.2) is 5.22 Å². The Morgan fingerprint density at radius 1 is 1.47 bits per heavy atom. The van der Waals surface area contributed by atoms with E-state index in [4.69, 9.17) is 21.2 Å². The van der Waals surface area contributed by atoms with E-state index in [1.54, 1.807) is 12.1 Å². The molecule has 0 aromatic carbocycles. The van der Waals surface area contributed by atoms with Crippen molar-refractivity contribution < 1.29 is 12.8 Å². The molecule has 1 aromatic heterocycles. The van der Waals surface area contributed by atoms with E-state index in [9.17, 15) is 8.42 Å². The molecule has 86 valence electrons. The van der Waals surface area contributed by atoms with Crippen LogP contribution in [0.25, 0.3) is 0 Å². The molecule has 1 rings (SSSR count). The van der Waals surface area contributed by atoms with Crippen molar-refractivity contribution >= 4 is 21.6 Å². The van der Waals surface area contributed by atoms with Gasteiger partial charge in [-0.3, -0.25) is 0 Å². The van der Waals surface area contributed by atoms with E-state index >= 15 is 0 Å². The van der Waals surface area contributed by atoms with E-state index in [0.717, 1.165) is 5.76 Å². The van der Waals surface area contributed by atoms with E-state index in [-0.39, 0.29) is 5.75 Å². The average molecular weight is 253 g/mol. The molecule has 0 unspecified atom stereocenters. The first-order valence-electron chi connectivity index (χ1n) is 4.43. The lowest BCUT2D eigenvalue weighted by molar-refractivity contribution is 0.484. The molecule has 3 N–H and O–H groups in total. The van der Waals surface area contributed by atoms with Crippen LogP contribution in [0, 0.1) is 0 Å². The van der Waals surface area contributed by atoms with Crippen molar-refractivity contribution in [2.75, 3.05) is 12.3 Å². The predicted molar refractivity (Wildman–Crippen MR) is 58.0 cm³/mol. The number of rotatable bonds is 6. The number of sulfonamides is 1. The number of nitrogens with one attached hydrogen (secondary N) is 1. The summed E-state index contributed by atoms with van der Waals surface area (Å²) in [7, 11) is -3.35. The Labute approximate surface area is 93.6 Å². The molecule has 0 spiro atoms. The highest BCUT2D eigenvalue weighted by molar-refractivity contribution is 7.89. The summed E-state index contributed by atoms with van der Waals surface area (Å²) in [5.41, 5.74) is 0. The lowest BCUT2D eigenvalue weighted by Crippen LogP contribution is -2.21. The molecule has 0 radical (unpaired) electrons. The Balaban J connectivity index is 2.12. The third kappa shape index (κ3) is 5.78. The number of hydrogen-bond acceptors (Lipinski definition) is 4. The Hall–Kier alpha value is -0.560. The maximum absolute atomic E-state index is 10.6. The molecule has 0 aliphatic rings. The van der Waals surface area contributed by atoms with E-state index in [2.05, 4.69) is 5.32 Å². The van der Waals surface area contributed by atoms with Crippen LogP contribution in [0.15, 0.2) is 16.5 Å². The van der Waals surface area contributed by atoms with Gasteiger partial charge in [0, 0.05) is 0 Å². The van der Waals surface area contributed by atoms with E-state index in [1.165, 1.54) is 0 Å². The number of primary sulfonamides is 1. The molecule has 0 saturated heterocycles. The second kappa shape index (κ2) is 5.50. The minimum absolute atomic E-state index is 0.0150. The zero-order valence-electron chi connectivity index (χ0n) is 8.07. The number of furan rings is 1. The van der Waals surface area contributed by atoms with Crippen LogP contribution in [0.2, 0.25) is 5.22 Å². The second-order valence-electron chi connectivity index (χ2n) is 3.10. The SMILES string of the molecule is NS(=O)(=O)CCCNCc1ccc(Cl)o1. The lowest BCUT2D eigenvalue weighted by Gasteiger charge is -2.01. The smallest absolute Gasteiger partial charge is 0.209 e. The molecule has 0 aliphatic carbocycles. The van der Waals surface area contributed by atoms with Crippen molar-refractivity contribution in [1.29, 1.82) is 0 Å². The summed E-state index contributed by atoms with van der Waals surface area (Å²) >= 11 is 5.57. The van der Waals surface area contributed by atoms with Crippen LogP contribution in [0.1, 0.15) is 12.2 Å². The molecule has 0 atom stereocenters. The summed E-state index contributed by atoms with van der Waals surface area (Å²) in [4.78, 5) is 0. The van der Waals surface area contributed by atoms with E-state index in [0.29, 0.717) is 24.7 Å². The van der Waals surface area contributed by atoms with Gasteiger partial charge in [0.2, 0.25) is 10.0 Å². The van der Waals surface area contributed by atoms with Crippen molar-refractivity contribution in [3.05, 3.63) is 23.1 Å². The topological polar surface area (TPSA) is 85.3 Å². The largest absolute Gasteiger partial charge is 0.448 e. The molecule has 15 heavy (non-hydrogen) atoms. The van der Waals surface area contributed by atoms with Crippen molar-refractivity contribution in [3.8, 4) is 0 Å². The van der Waals surface area contributed by atoms with Crippen molar-refractivity contribution in [1.82, 2.24) is 5.32 Å². The fourth-order valence-electron chi connectivity index (χ4n) is 1.06. The Kier molecular flexibility index (Phi) is 4.59. The van der Waals surface area contributed by atoms with E-state index < -0.39 is 10.0 Å². The van der Waals surface area contributed by atoms with Gasteiger partial charge in [-0.15, -0.1) is 0 Å². The van der Waals surface area contributed by atoms with Gasteiger partial charge in [-0.1, -0.05) is 0 Å². The third-order valence-electron chi connectivity index (χ3n) is 1.71. The van der Waals surface area contributed by atoms with Crippen LogP contribution in [0.4, 0.5) is 0 Å². The highest BCUT2D eigenvalue weighted by atomic mass is 35.5. The summed E-state index contributed by atoms with van der Waals surface area (Å²) in [5, 5.41) is 8.20. The molecular weight excluding hydrogens is 240 g/mol. The van der Waals surface area contributed by atoms with Crippen LogP contribution >= 0.6 is 11.6 Å². The highest BCUT2D eigenvalue weighted by Crippen LogP contribution is 2.12. The average Bonchev–Trinajstić information content (AvgIpc) is 2.49. The van der Waals surface area contributed by atoms with Gasteiger partial charge in [-0.05, 0) is 36.7 Å². The molecule has 0 amide bonds. The van der Waals surface area contributed by atoms with Gasteiger partial charge in [0.25, 0.3) is 0 Å². The lowest BCUT2D eigenvalue weighted by atomic mass is 10.4. The maximum atomic E-state index is 10.6. The maximum Gasteiger partial charge on any atom is 0.209 e. The normalized spacial score (nSPS) is 11.9. The summed E-state index contributed by atoms with van der Waals surface area (Å²) in [6.07, 6.45) is 0.479. The number of hydrogen-bond donors (Lipinski definition) is 2. The summed E-state index contributed by atoms with van der Waals surface area (Å²) < 4.78 is 26.3. The van der Waals surface area contributed by atoms with Gasteiger partial charge in [0.05, 0.1) is 12.3 Å². The van der Waals surface area contributed by atoms with Crippen LogP contribution in [0.5, 0.6) is 0 Å². The minimum atomic E-state index is -3.35. The van der Waals surface area contributed by atoms with Crippen LogP contribution < -0.4 is 10.5 Å². The Morgan fingerprint density at radius 2 is 2.20 bits per heavy atom. The fraction of sp³-hybridized carbons (Fsp3) is 0.500. The van der Waals surface area contributed by atoms with Gasteiger partial charge in [0.1, 0.15) is 5.76 Å². The molecule has 0 saturated carbocycles. The first kappa shape index (κ1) is 12.5. The van der Waals surface area contributed by atoms with Gasteiger partial charge >= 0.3 is 0 Å². The van der Waals surface area contributed by atoms with Crippen LogP contribution in [-0.2, 0) is 16.6 Å². The summed E-state index contributed by atoms with van der Waals surface area (Å²) in [6.45, 7) is 1.09. The summed E-state index contributed by atoms with van der Waals surface area (Å²) in [5.74, 6) is 0.703. The number of nitrogens with two attached hydrogens (primary N) is 1. The van der Waals surface area contributed by atoms with Crippen LogP contribution in [-0.4, -0.2) is 20.7 Å². The van der Waals surface area contributed by atoms with Gasteiger partial charge < -0.3 is 9.73 Å². The zero-order chi connectivity index (χ0) is 11.3. The molecule has 7 heteroatoms. The molecule has 0 bridgehead atoms. The highest BCUT2D eigenvalue weighted by Gasteiger charge is 2.02.